The maximum absolute atomic E-state index is 12.1. The minimum atomic E-state index is -3.02. The predicted molar refractivity (Wildman–Crippen MR) is 96.2 cm³/mol. The van der Waals surface area contributed by atoms with Crippen LogP contribution in [0.5, 0.6) is 0 Å². The van der Waals surface area contributed by atoms with Gasteiger partial charge in [0, 0.05) is 12.1 Å². The average molecular weight is 367 g/mol. The van der Waals surface area contributed by atoms with E-state index in [0.29, 0.717) is 6.42 Å². The topological polar surface area (TPSA) is 89.5 Å². The van der Waals surface area contributed by atoms with Crippen LogP contribution in [0.4, 0.5) is 5.69 Å². The number of amides is 1. The Morgan fingerprint density at radius 2 is 2.04 bits per heavy atom. The fraction of sp³-hybridized carbons (Fsp3) is 0.556. The van der Waals surface area contributed by atoms with E-state index in [2.05, 4.69) is 5.32 Å². The van der Waals surface area contributed by atoms with Crippen molar-refractivity contribution in [2.75, 3.05) is 23.4 Å². The number of anilines is 1. The molecule has 25 heavy (non-hydrogen) atoms. The second kappa shape index (κ2) is 7.99. The Balaban J connectivity index is 1.86. The standard InChI is InChI=1S/C18H25NO5S/c1-12(2)15-6-4-5-13(3)18(15)19-16(20)10-24-17(21)9-14-7-8-25(22,23)11-14/h4-6,12,14H,7-11H2,1-3H3,(H,19,20)/t14-/m1/s1. The van der Waals surface area contributed by atoms with E-state index in [-0.39, 0.29) is 36.4 Å². The van der Waals surface area contributed by atoms with Gasteiger partial charge in [-0.2, -0.15) is 0 Å². The zero-order chi connectivity index (χ0) is 18.6. The lowest BCUT2D eigenvalue weighted by molar-refractivity contribution is -0.148. The van der Waals surface area contributed by atoms with Crippen LogP contribution >= 0.6 is 0 Å². The van der Waals surface area contributed by atoms with Gasteiger partial charge < -0.3 is 10.1 Å². The molecule has 1 aliphatic rings. The van der Waals surface area contributed by atoms with Gasteiger partial charge in [-0.25, -0.2) is 8.42 Å². The number of carbonyl (C=O) groups excluding carboxylic acids is 2. The fourth-order valence-corrected chi connectivity index (χ4v) is 4.85. The van der Waals surface area contributed by atoms with Crippen LogP contribution in [0.25, 0.3) is 0 Å². The van der Waals surface area contributed by atoms with Gasteiger partial charge in [0.15, 0.2) is 16.4 Å². The molecule has 7 heteroatoms. The molecule has 1 atom stereocenters. The Hall–Kier alpha value is -1.89. The Morgan fingerprint density at radius 3 is 2.64 bits per heavy atom. The van der Waals surface area contributed by atoms with E-state index >= 15 is 0 Å². The Labute approximate surface area is 148 Å². The van der Waals surface area contributed by atoms with Gasteiger partial charge >= 0.3 is 5.97 Å². The lowest BCUT2D eigenvalue weighted by Crippen LogP contribution is -2.23. The van der Waals surface area contributed by atoms with Crippen molar-refractivity contribution < 1.29 is 22.7 Å². The molecule has 1 aliphatic heterocycles. The SMILES string of the molecule is Cc1cccc(C(C)C)c1NC(=O)COC(=O)C[C@H]1CCS(=O)(=O)C1. The van der Waals surface area contributed by atoms with Gasteiger partial charge in [0.2, 0.25) is 0 Å². The van der Waals surface area contributed by atoms with Crippen molar-refractivity contribution in [2.45, 2.75) is 39.5 Å². The lowest BCUT2D eigenvalue weighted by Gasteiger charge is -2.16. The predicted octanol–water partition coefficient (Wildman–Crippen LogP) is 2.42. The number of esters is 1. The van der Waals surface area contributed by atoms with Crippen LogP contribution < -0.4 is 5.32 Å². The molecule has 6 nitrogen and oxygen atoms in total. The molecule has 1 amide bonds. The number of rotatable bonds is 6. The third-order valence-corrected chi connectivity index (χ3v) is 6.17. The van der Waals surface area contributed by atoms with Crippen molar-refractivity contribution in [1.82, 2.24) is 0 Å². The first kappa shape index (κ1) is 19.4. The second-order valence-corrected chi connectivity index (χ2v) is 9.10. The molecule has 0 bridgehead atoms. The maximum atomic E-state index is 12.1. The van der Waals surface area contributed by atoms with Crippen molar-refractivity contribution in [1.29, 1.82) is 0 Å². The number of sulfone groups is 1. The third kappa shape index (κ3) is 5.56. The minimum absolute atomic E-state index is 0.0231. The molecule has 1 saturated heterocycles. The maximum Gasteiger partial charge on any atom is 0.306 e. The fourth-order valence-electron chi connectivity index (χ4n) is 2.99. The Bertz CT molecular complexity index is 755. The van der Waals surface area contributed by atoms with Crippen LogP contribution in [0.15, 0.2) is 18.2 Å². The number of para-hydroxylation sites is 1. The van der Waals surface area contributed by atoms with Gasteiger partial charge in [-0.05, 0) is 36.3 Å². The lowest BCUT2D eigenvalue weighted by atomic mass is 9.98. The summed E-state index contributed by atoms with van der Waals surface area (Å²) < 4.78 is 27.8. The van der Waals surface area contributed by atoms with E-state index in [1.54, 1.807) is 0 Å². The van der Waals surface area contributed by atoms with E-state index in [4.69, 9.17) is 4.74 Å². The van der Waals surface area contributed by atoms with Crippen molar-refractivity contribution in [3.8, 4) is 0 Å². The highest BCUT2D eigenvalue weighted by Gasteiger charge is 2.30. The summed E-state index contributed by atoms with van der Waals surface area (Å²) in [5.74, 6) is -0.743. The van der Waals surface area contributed by atoms with Crippen LogP contribution in [0, 0.1) is 12.8 Å². The highest BCUT2D eigenvalue weighted by atomic mass is 32.2. The van der Waals surface area contributed by atoms with Gasteiger partial charge in [-0.15, -0.1) is 0 Å². The number of ether oxygens (including phenoxy) is 1. The summed E-state index contributed by atoms with van der Waals surface area (Å²) in [5, 5.41) is 2.81. The highest BCUT2D eigenvalue weighted by molar-refractivity contribution is 7.91. The highest BCUT2D eigenvalue weighted by Crippen LogP contribution is 2.27. The molecule has 0 radical (unpaired) electrons. The zero-order valence-corrected chi connectivity index (χ0v) is 15.7. The molecule has 2 rings (SSSR count). The van der Waals surface area contributed by atoms with Crippen LogP contribution in [0.1, 0.15) is 43.7 Å². The first-order valence-corrected chi connectivity index (χ1v) is 10.3. The number of aryl methyl sites for hydroxylation is 1. The zero-order valence-electron chi connectivity index (χ0n) is 14.9. The first-order chi connectivity index (χ1) is 11.7. The molecule has 0 aliphatic carbocycles. The van der Waals surface area contributed by atoms with Gasteiger partial charge in [-0.1, -0.05) is 32.0 Å². The number of hydrogen-bond acceptors (Lipinski definition) is 5. The van der Waals surface area contributed by atoms with Crippen LogP contribution in [-0.4, -0.2) is 38.4 Å². The van der Waals surface area contributed by atoms with Crippen LogP contribution in [0.2, 0.25) is 0 Å². The molecule has 1 N–H and O–H groups in total. The summed E-state index contributed by atoms with van der Waals surface area (Å²) in [6.07, 6.45) is 0.513. The average Bonchev–Trinajstić information content (AvgIpc) is 2.85. The molecule has 0 aromatic heterocycles. The molecule has 0 spiro atoms. The smallest absolute Gasteiger partial charge is 0.306 e. The van der Waals surface area contributed by atoms with Gasteiger partial charge in [0.05, 0.1) is 11.5 Å². The van der Waals surface area contributed by atoms with Crippen molar-refractivity contribution >= 4 is 27.4 Å². The molecule has 0 saturated carbocycles. The van der Waals surface area contributed by atoms with Gasteiger partial charge in [0.25, 0.3) is 5.91 Å². The molecule has 1 aromatic carbocycles. The quantitative estimate of drug-likeness (QED) is 0.780. The van der Waals surface area contributed by atoms with E-state index in [9.17, 15) is 18.0 Å². The number of carbonyl (C=O) groups is 2. The Morgan fingerprint density at radius 1 is 1.32 bits per heavy atom. The van der Waals surface area contributed by atoms with Crippen LogP contribution in [0.3, 0.4) is 0 Å². The summed E-state index contributed by atoms with van der Waals surface area (Å²) in [5.41, 5.74) is 2.72. The molecule has 1 fully saturated rings. The first-order valence-electron chi connectivity index (χ1n) is 8.43. The van der Waals surface area contributed by atoms with Crippen molar-refractivity contribution in [2.24, 2.45) is 5.92 Å². The second-order valence-electron chi connectivity index (χ2n) is 6.88. The van der Waals surface area contributed by atoms with Gasteiger partial charge in [0.1, 0.15) is 0 Å². The molecule has 1 aromatic rings. The largest absolute Gasteiger partial charge is 0.456 e. The summed E-state index contributed by atoms with van der Waals surface area (Å²) >= 11 is 0. The number of benzene rings is 1. The summed E-state index contributed by atoms with van der Waals surface area (Å²) in [6.45, 7) is 5.62. The normalized spacial score (nSPS) is 19.0. The van der Waals surface area contributed by atoms with Crippen molar-refractivity contribution in [3.63, 3.8) is 0 Å². The molecular weight excluding hydrogens is 342 g/mol. The van der Waals surface area contributed by atoms with Crippen LogP contribution in [-0.2, 0) is 24.2 Å². The summed E-state index contributed by atoms with van der Waals surface area (Å²) in [7, 11) is -3.02. The van der Waals surface area contributed by atoms with E-state index in [1.165, 1.54) is 0 Å². The van der Waals surface area contributed by atoms with E-state index in [0.717, 1.165) is 16.8 Å². The minimum Gasteiger partial charge on any atom is -0.456 e. The monoisotopic (exact) mass is 367 g/mol. The molecule has 138 valence electrons. The Kier molecular flexibility index (Phi) is 6.21. The third-order valence-electron chi connectivity index (χ3n) is 4.34. The van der Waals surface area contributed by atoms with E-state index in [1.807, 2.05) is 39.0 Å². The number of hydrogen-bond donors (Lipinski definition) is 1. The summed E-state index contributed by atoms with van der Waals surface area (Å²) in [4.78, 5) is 23.9. The summed E-state index contributed by atoms with van der Waals surface area (Å²) in [6, 6.07) is 5.81. The van der Waals surface area contributed by atoms with Gasteiger partial charge in [-0.3, -0.25) is 9.59 Å². The molecular formula is C18H25NO5S. The molecule has 1 heterocycles. The van der Waals surface area contributed by atoms with Crippen molar-refractivity contribution in [3.05, 3.63) is 29.3 Å². The molecule has 0 unspecified atom stereocenters. The van der Waals surface area contributed by atoms with E-state index < -0.39 is 21.7 Å². The number of nitrogens with one attached hydrogen (secondary N) is 1.